The maximum atomic E-state index is 12.7. The Morgan fingerprint density at radius 1 is 1.04 bits per heavy atom. The van der Waals surface area contributed by atoms with E-state index >= 15 is 0 Å². The van der Waals surface area contributed by atoms with Gasteiger partial charge in [0.15, 0.2) is 0 Å². The van der Waals surface area contributed by atoms with Gasteiger partial charge in [-0.25, -0.2) is 9.67 Å². The summed E-state index contributed by atoms with van der Waals surface area (Å²) in [4.78, 5) is 17.1. The molecule has 4 rings (SSSR count). The molecule has 2 aromatic heterocycles. The summed E-state index contributed by atoms with van der Waals surface area (Å²) in [5, 5.41) is 19.7. The lowest BCUT2D eigenvalue weighted by Crippen LogP contribution is -2.20. The molecule has 0 fully saturated rings. The first-order valence-corrected chi connectivity index (χ1v) is 8.43. The molecule has 134 valence electrons. The maximum Gasteiger partial charge on any atom is 0.282 e. The van der Waals surface area contributed by atoms with Crippen molar-refractivity contribution in [1.82, 2.24) is 19.4 Å². The number of hydrogen-bond donors (Lipinski definition) is 1. The molecule has 0 aliphatic heterocycles. The molecule has 0 bridgehead atoms. The molecule has 0 aliphatic rings. The lowest BCUT2D eigenvalue weighted by Gasteiger charge is -2.05. The van der Waals surface area contributed by atoms with E-state index in [1.165, 1.54) is 15.6 Å². The van der Waals surface area contributed by atoms with E-state index in [1.807, 2.05) is 36.4 Å². The highest BCUT2D eigenvalue weighted by atomic mass is 16.3. The van der Waals surface area contributed by atoms with Crippen molar-refractivity contribution < 1.29 is 5.11 Å². The molecule has 0 spiro atoms. The van der Waals surface area contributed by atoms with Crippen LogP contribution in [0.1, 0.15) is 17.1 Å². The largest absolute Gasteiger partial charge is 0.493 e. The number of aromatic nitrogens is 4. The first-order valence-electron chi connectivity index (χ1n) is 8.43. The van der Waals surface area contributed by atoms with Crippen molar-refractivity contribution in [3.8, 4) is 11.6 Å². The normalized spacial score (nSPS) is 11.5. The van der Waals surface area contributed by atoms with Crippen LogP contribution in [0.3, 0.4) is 0 Å². The lowest BCUT2D eigenvalue weighted by atomic mass is 10.2. The van der Waals surface area contributed by atoms with Crippen LogP contribution in [-0.4, -0.2) is 30.8 Å². The van der Waals surface area contributed by atoms with Gasteiger partial charge < -0.3 is 5.11 Å². The van der Waals surface area contributed by atoms with Crippen molar-refractivity contribution >= 4 is 17.1 Å². The summed E-state index contributed by atoms with van der Waals surface area (Å²) in [6, 6.07) is 16.4. The second-order valence-electron chi connectivity index (χ2n) is 6.11. The van der Waals surface area contributed by atoms with Gasteiger partial charge in [-0.1, -0.05) is 30.3 Å². The smallest absolute Gasteiger partial charge is 0.282 e. The molecule has 0 atom stereocenters. The minimum Gasteiger partial charge on any atom is -0.493 e. The Morgan fingerprint density at radius 2 is 1.74 bits per heavy atom. The summed E-state index contributed by atoms with van der Waals surface area (Å²) in [5.74, 6) is 0.421. The van der Waals surface area contributed by atoms with Gasteiger partial charge in [0.2, 0.25) is 5.88 Å². The molecule has 0 unspecified atom stereocenters. The molecule has 27 heavy (non-hydrogen) atoms. The third-order valence-electron chi connectivity index (χ3n) is 4.30. The van der Waals surface area contributed by atoms with E-state index in [2.05, 4.69) is 15.2 Å². The van der Waals surface area contributed by atoms with Gasteiger partial charge >= 0.3 is 0 Å². The predicted molar refractivity (Wildman–Crippen MR) is 104 cm³/mol. The Labute approximate surface area is 154 Å². The van der Waals surface area contributed by atoms with Gasteiger partial charge in [0.1, 0.15) is 5.82 Å². The highest BCUT2D eigenvalue weighted by molar-refractivity contribution is 5.84. The van der Waals surface area contributed by atoms with E-state index < -0.39 is 0 Å². The van der Waals surface area contributed by atoms with Crippen LogP contribution in [0.2, 0.25) is 0 Å². The average molecular weight is 359 g/mol. The van der Waals surface area contributed by atoms with Crippen LogP contribution in [0.4, 0.5) is 0 Å². The highest BCUT2D eigenvalue weighted by Crippen LogP contribution is 2.23. The summed E-state index contributed by atoms with van der Waals surface area (Å²) < 4.78 is 2.66. The molecule has 7 nitrogen and oxygen atoms in total. The number of para-hydroxylation sites is 2. The van der Waals surface area contributed by atoms with Crippen LogP contribution >= 0.6 is 0 Å². The third kappa shape index (κ3) is 2.89. The molecular formula is C20H17N5O2. The Kier molecular flexibility index (Phi) is 4.04. The standard InChI is InChI=1S/C20H17N5O2/c1-13-17(20(27)25(23-13)15-8-4-3-5-9-15)12-21-24-14(2)22-18-11-7-6-10-16(18)19(24)26/h3-12,27H,1-2H3/b21-12+. The predicted octanol–water partition coefficient (Wildman–Crippen LogP) is 2.79. The second-order valence-corrected chi connectivity index (χ2v) is 6.11. The fraction of sp³-hybridized carbons (Fsp3) is 0.100. The molecule has 2 aromatic carbocycles. The van der Waals surface area contributed by atoms with Crippen LogP contribution in [0.25, 0.3) is 16.6 Å². The molecule has 7 heteroatoms. The van der Waals surface area contributed by atoms with Crippen LogP contribution < -0.4 is 5.56 Å². The molecule has 0 saturated heterocycles. The van der Waals surface area contributed by atoms with E-state index in [0.717, 1.165) is 5.69 Å². The quantitative estimate of drug-likeness (QED) is 0.570. The summed E-state index contributed by atoms with van der Waals surface area (Å²) in [7, 11) is 0. The summed E-state index contributed by atoms with van der Waals surface area (Å²) in [6.45, 7) is 3.49. The van der Waals surface area contributed by atoms with Crippen LogP contribution in [0.5, 0.6) is 5.88 Å². The molecule has 0 saturated carbocycles. The zero-order chi connectivity index (χ0) is 19.0. The fourth-order valence-electron chi connectivity index (χ4n) is 2.91. The minimum atomic E-state index is -0.262. The van der Waals surface area contributed by atoms with Crippen molar-refractivity contribution in [2.24, 2.45) is 5.10 Å². The van der Waals surface area contributed by atoms with Gasteiger partial charge in [0.05, 0.1) is 34.1 Å². The van der Waals surface area contributed by atoms with Gasteiger partial charge in [0.25, 0.3) is 5.56 Å². The van der Waals surface area contributed by atoms with E-state index in [4.69, 9.17) is 0 Å². The van der Waals surface area contributed by atoms with Gasteiger partial charge in [-0.3, -0.25) is 4.79 Å². The number of nitrogens with zero attached hydrogens (tertiary/aromatic N) is 5. The first-order chi connectivity index (χ1) is 13.1. The zero-order valence-electron chi connectivity index (χ0n) is 14.9. The summed E-state index contributed by atoms with van der Waals surface area (Å²) in [5.41, 5.74) is 2.14. The molecule has 2 heterocycles. The van der Waals surface area contributed by atoms with Crippen LogP contribution in [0.15, 0.2) is 64.5 Å². The number of fused-ring (bicyclic) bond motifs is 1. The average Bonchev–Trinajstić information content (AvgIpc) is 2.96. The second kappa shape index (κ2) is 6.53. The van der Waals surface area contributed by atoms with E-state index in [9.17, 15) is 9.90 Å². The van der Waals surface area contributed by atoms with E-state index in [-0.39, 0.29) is 11.4 Å². The zero-order valence-corrected chi connectivity index (χ0v) is 14.9. The van der Waals surface area contributed by atoms with Crippen molar-refractivity contribution in [3.05, 3.63) is 82.0 Å². The topological polar surface area (TPSA) is 85.3 Å². The number of hydrogen-bond acceptors (Lipinski definition) is 5. The molecule has 0 aliphatic carbocycles. The van der Waals surface area contributed by atoms with Gasteiger partial charge in [-0.15, -0.1) is 0 Å². The number of rotatable bonds is 3. The SMILES string of the molecule is Cc1nn(-c2ccccc2)c(O)c1/C=N/n1c(C)nc2ccccc2c1=O. The van der Waals surface area contributed by atoms with Crippen molar-refractivity contribution in [1.29, 1.82) is 0 Å². The first kappa shape index (κ1) is 16.7. The number of aromatic hydroxyl groups is 1. The lowest BCUT2D eigenvalue weighted by molar-refractivity contribution is 0.433. The molecular weight excluding hydrogens is 342 g/mol. The van der Waals surface area contributed by atoms with Crippen LogP contribution in [-0.2, 0) is 0 Å². The third-order valence-corrected chi connectivity index (χ3v) is 4.30. The number of benzene rings is 2. The van der Waals surface area contributed by atoms with Gasteiger partial charge in [0, 0.05) is 0 Å². The monoisotopic (exact) mass is 359 g/mol. The maximum absolute atomic E-state index is 12.7. The highest BCUT2D eigenvalue weighted by Gasteiger charge is 2.14. The van der Waals surface area contributed by atoms with Crippen molar-refractivity contribution in [2.75, 3.05) is 0 Å². The van der Waals surface area contributed by atoms with Crippen molar-refractivity contribution in [3.63, 3.8) is 0 Å². The van der Waals surface area contributed by atoms with Crippen molar-refractivity contribution in [2.45, 2.75) is 13.8 Å². The minimum absolute atomic E-state index is 0.0399. The Balaban J connectivity index is 1.80. The van der Waals surface area contributed by atoms with Crippen LogP contribution in [0, 0.1) is 13.8 Å². The Hall–Kier alpha value is -3.74. The molecule has 0 radical (unpaired) electrons. The number of aryl methyl sites for hydroxylation is 2. The Morgan fingerprint density at radius 3 is 2.52 bits per heavy atom. The molecule has 4 aromatic rings. The summed E-state index contributed by atoms with van der Waals surface area (Å²) >= 11 is 0. The molecule has 1 N–H and O–H groups in total. The molecule has 0 amide bonds. The van der Waals surface area contributed by atoms with Gasteiger partial charge in [-0.05, 0) is 38.1 Å². The summed E-state index contributed by atoms with van der Waals surface area (Å²) in [6.07, 6.45) is 1.43. The van der Waals surface area contributed by atoms with E-state index in [1.54, 1.807) is 32.0 Å². The Bertz CT molecular complexity index is 1220. The fourth-order valence-corrected chi connectivity index (χ4v) is 2.91. The van der Waals surface area contributed by atoms with Gasteiger partial charge in [-0.2, -0.15) is 14.9 Å². The van der Waals surface area contributed by atoms with E-state index in [0.29, 0.717) is 28.0 Å².